The van der Waals surface area contributed by atoms with Gasteiger partial charge in [-0.2, -0.15) is 18.2 Å². The number of benzene rings is 2. The van der Waals surface area contributed by atoms with Crippen molar-refractivity contribution in [2.24, 2.45) is 5.92 Å². The number of rotatable bonds is 5. The van der Waals surface area contributed by atoms with Crippen LogP contribution in [0.3, 0.4) is 0 Å². The topological polar surface area (TPSA) is 116 Å². The standard InChI is InChI=1S/C29H25ClF3N5O5/c1-14-13-41-9-8-19(14)38-20-7-6-15(30)10-18(20)34-28(38)42-16-11-21(26(39)40)37(12-16)25-24-23(35-27(36-25)29(31,32)33)17-4-2-3-5-22(17)43-24/h2-7,10,14,16,19,21H,8-9,11-13H2,1H3,(H,39,40)/t14?,16-,19+,21-/m0/s1. The number of hydrogen-bond acceptors (Lipinski definition) is 8. The van der Waals surface area contributed by atoms with Gasteiger partial charge in [-0.05, 0) is 36.8 Å². The lowest BCUT2D eigenvalue weighted by molar-refractivity contribution is -0.144. The number of anilines is 1. The summed E-state index contributed by atoms with van der Waals surface area (Å²) in [5, 5.41) is 11.0. The first-order valence-electron chi connectivity index (χ1n) is 13.8. The second-order valence-corrected chi connectivity index (χ2v) is 11.4. The number of fused-ring (bicyclic) bond motifs is 4. The number of aliphatic carboxylic acids is 1. The van der Waals surface area contributed by atoms with Crippen molar-refractivity contribution in [1.82, 2.24) is 19.5 Å². The summed E-state index contributed by atoms with van der Waals surface area (Å²) in [6.45, 7) is 3.10. The number of carbonyl (C=O) groups is 1. The Morgan fingerprint density at radius 2 is 1.98 bits per heavy atom. The fourth-order valence-electron chi connectivity index (χ4n) is 6.10. The van der Waals surface area contributed by atoms with Crippen LogP contribution in [0.1, 0.15) is 31.6 Å². The highest BCUT2D eigenvalue weighted by molar-refractivity contribution is 6.31. The third kappa shape index (κ3) is 4.80. The zero-order chi connectivity index (χ0) is 30.0. The van der Waals surface area contributed by atoms with Gasteiger partial charge in [0.2, 0.25) is 5.82 Å². The number of halogens is 4. The van der Waals surface area contributed by atoms with E-state index < -0.39 is 30.1 Å². The highest BCUT2D eigenvalue weighted by Gasteiger charge is 2.44. The van der Waals surface area contributed by atoms with E-state index in [1.807, 2.05) is 10.6 Å². The number of nitrogens with zero attached hydrogens (tertiary/aromatic N) is 5. The summed E-state index contributed by atoms with van der Waals surface area (Å²) < 4.78 is 61.8. The van der Waals surface area contributed by atoms with Gasteiger partial charge in [0.1, 0.15) is 23.2 Å². The fourth-order valence-corrected chi connectivity index (χ4v) is 6.27. The fraction of sp³-hybridized carbons (Fsp3) is 0.379. The number of imidazole rings is 1. The Morgan fingerprint density at radius 3 is 2.74 bits per heavy atom. The molecule has 2 aliphatic heterocycles. The smallest absolute Gasteiger partial charge is 0.451 e. The monoisotopic (exact) mass is 615 g/mol. The van der Waals surface area contributed by atoms with Crippen molar-refractivity contribution >= 4 is 56.5 Å². The molecule has 10 nitrogen and oxygen atoms in total. The predicted octanol–water partition coefficient (Wildman–Crippen LogP) is 6.11. The normalized spacial score (nSPS) is 23.0. The van der Waals surface area contributed by atoms with E-state index in [2.05, 4.69) is 16.9 Å². The van der Waals surface area contributed by atoms with Crippen LogP contribution in [0.5, 0.6) is 6.01 Å². The van der Waals surface area contributed by atoms with Crippen LogP contribution in [0, 0.1) is 5.92 Å². The van der Waals surface area contributed by atoms with Gasteiger partial charge in [0.05, 0.1) is 24.2 Å². The molecule has 14 heteroatoms. The van der Waals surface area contributed by atoms with E-state index >= 15 is 0 Å². The summed E-state index contributed by atoms with van der Waals surface area (Å²) in [6, 6.07) is 10.9. The molecule has 0 spiro atoms. The molecule has 3 aromatic heterocycles. The van der Waals surface area contributed by atoms with Crippen molar-refractivity contribution < 1.29 is 37.0 Å². The minimum atomic E-state index is -4.87. The molecule has 0 saturated carbocycles. The molecule has 0 bridgehead atoms. The number of hydrogen-bond donors (Lipinski definition) is 1. The lowest BCUT2D eigenvalue weighted by atomic mass is 9.97. The van der Waals surface area contributed by atoms with Crippen molar-refractivity contribution in [3.63, 3.8) is 0 Å². The van der Waals surface area contributed by atoms with E-state index in [1.165, 1.54) is 4.90 Å². The Kier molecular flexibility index (Phi) is 6.62. The summed E-state index contributed by atoms with van der Waals surface area (Å²) in [6.07, 6.45) is -4.94. The van der Waals surface area contributed by atoms with Crippen LogP contribution < -0.4 is 9.64 Å². The van der Waals surface area contributed by atoms with Gasteiger partial charge in [-0.3, -0.25) is 4.57 Å². The molecule has 1 unspecified atom stereocenters. The Balaban J connectivity index is 1.30. The van der Waals surface area contributed by atoms with Crippen LogP contribution in [-0.2, 0) is 15.7 Å². The van der Waals surface area contributed by atoms with Gasteiger partial charge in [-0.25, -0.2) is 14.8 Å². The SMILES string of the molecule is CC1COCC[C@H]1n1c(O[C@H]2C[C@@H](C(=O)O)N(c3nc(C(F)(F)F)nc4c3oc3ccccc34)C2)nc2cc(Cl)ccc21. The van der Waals surface area contributed by atoms with Gasteiger partial charge >= 0.3 is 12.1 Å². The number of alkyl halides is 3. The average Bonchev–Trinajstić information content (AvgIpc) is 3.65. The zero-order valence-electron chi connectivity index (χ0n) is 22.7. The van der Waals surface area contributed by atoms with E-state index in [0.29, 0.717) is 41.1 Å². The first kappa shape index (κ1) is 27.7. The lowest BCUT2D eigenvalue weighted by Gasteiger charge is -2.31. The molecule has 7 rings (SSSR count). The first-order chi connectivity index (χ1) is 20.6. The number of aromatic nitrogens is 4. The number of carboxylic acid groups (broad SMARTS) is 1. The number of para-hydroxylation sites is 1. The van der Waals surface area contributed by atoms with E-state index in [1.54, 1.807) is 36.4 Å². The average molecular weight is 616 g/mol. The van der Waals surface area contributed by atoms with Crippen molar-refractivity contribution in [1.29, 1.82) is 0 Å². The molecule has 2 aromatic carbocycles. The maximum atomic E-state index is 13.9. The third-order valence-corrected chi connectivity index (χ3v) is 8.33. The van der Waals surface area contributed by atoms with Gasteiger partial charge in [0.15, 0.2) is 11.4 Å². The number of carboxylic acids is 1. The molecule has 0 radical (unpaired) electrons. The van der Waals surface area contributed by atoms with E-state index in [-0.39, 0.29) is 47.9 Å². The maximum Gasteiger partial charge on any atom is 0.451 e. The Hall–Kier alpha value is -4.10. The van der Waals surface area contributed by atoms with Gasteiger partial charge < -0.3 is 23.9 Å². The molecule has 0 amide bonds. The minimum Gasteiger partial charge on any atom is -0.480 e. The molecule has 0 aliphatic carbocycles. The first-order valence-corrected chi connectivity index (χ1v) is 14.1. The molecule has 2 fully saturated rings. The second kappa shape index (κ2) is 10.3. The van der Waals surface area contributed by atoms with Crippen LogP contribution >= 0.6 is 11.6 Å². The van der Waals surface area contributed by atoms with Crippen molar-refractivity contribution in [2.75, 3.05) is 24.7 Å². The summed E-state index contributed by atoms with van der Waals surface area (Å²) in [7, 11) is 0. The van der Waals surface area contributed by atoms with Gasteiger partial charge in [0, 0.05) is 35.4 Å². The van der Waals surface area contributed by atoms with Crippen LogP contribution in [0.4, 0.5) is 19.0 Å². The summed E-state index contributed by atoms with van der Waals surface area (Å²) >= 11 is 6.24. The molecule has 2 aliphatic rings. The second-order valence-electron chi connectivity index (χ2n) is 10.9. The molecule has 2 saturated heterocycles. The lowest BCUT2D eigenvalue weighted by Crippen LogP contribution is -2.37. The molecular weight excluding hydrogens is 591 g/mol. The molecule has 43 heavy (non-hydrogen) atoms. The van der Waals surface area contributed by atoms with Crippen molar-refractivity contribution in [3.8, 4) is 6.01 Å². The Labute approximate surface area is 247 Å². The van der Waals surface area contributed by atoms with Crippen molar-refractivity contribution in [2.45, 2.75) is 44.1 Å². The number of ether oxygens (including phenoxy) is 2. The van der Waals surface area contributed by atoms with Gasteiger partial charge in [-0.15, -0.1) is 0 Å². The molecule has 5 aromatic rings. The molecule has 5 heterocycles. The van der Waals surface area contributed by atoms with E-state index in [0.717, 1.165) is 5.52 Å². The van der Waals surface area contributed by atoms with E-state index in [9.17, 15) is 23.1 Å². The largest absolute Gasteiger partial charge is 0.480 e. The molecular formula is C29H25ClF3N5O5. The maximum absolute atomic E-state index is 13.9. The Bertz CT molecular complexity index is 1870. The quantitative estimate of drug-likeness (QED) is 0.250. The van der Waals surface area contributed by atoms with E-state index in [4.69, 9.17) is 30.5 Å². The predicted molar refractivity (Wildman–Crippen MR) is 150 cm³/mol. The molecule has 1 N–H and O–H groups in total. The molecule has 224 valence electrons. The zero-order valence-corrected chi connectivity index (χ0v) is 23.5. The summed E-state index contributed by atoms with van der Waals surface area (Å²) in [4.78, 5) is 26.0. The van der Waals surface area contributed by atoms with Gasteiger partial charge in [-0.1, -0.05) is 30.7 Å². The molecule has 4 atom stereocenters. The summed E-state index contributed by atoms with van der Waals surface area (Å²) in [5.74, 6) is -2.74. The highest BCUT2D eigenvalue weighted by Crippen LogP contribution is 2.40. The summed E-state index contributed by atoms with van der Waals surface area (Å²) in [5.41, 5.74) is 1.65. The number of furan rings is 1. The van der Waals surface area contributed by atoms with Crippen molar-refractivity contribution in [3.05, 3.63) is 53.3 Å². The van der Waals surface area contributed by atoms with Crippen LogP contribution in [0.2, 0.25) is 5.02 Å². The van der Waals surface area contributed by atoms with Crippen LogP contribution in [0.25, 0.3) is 33.1 Å². The minimum absolute atomic E-state index is 0.00548. The Morgan fingerprint density at radius 1 is 1.16 bits per heavy atom. The highest BCUT2D eigenvalue weighted by atomic mass is 35.5. The van der Waals surface area contributed by atoms with Crippen LogP contribution in [0.15, 0.2) is 46.9 Å². The van der Waals surface area contributed by atoms with Gasteiger partial charge in [0.25, 0.3) is 6.01 Å². The van der Waals surface area contributed by atoms with Crippen LogP contribution in [-0.4, -0.2) is 62.5 Å². The third-order valence-electron chi connectivity index (χ3n) is 8.09.